The number of thioether (sulfide) groups is 1. The number of hydrogen-bond acceptors (Lipinski definition) is 7. The number of esters is 1. The molecule has 4 rings (SSSR count). The molecule has 0 fully saturated rings. The minimum Gasteiger partial charge on any atom is -0.465 e. The van der Waals surface area contributed by atoms with Gasteiger partial charge in [-0.1, -0.05) is 47.7 Å². The minimum atomic E-state index is -0.451. The molecule has 4 aromatic rings. The first-order valence-electron chi connectivity index (χ1n) is 9.91. The molecule has 1 unspecified atom stereocenters. The van der Waals surface area contributed by atoms with E-state index in [2.05, 4.69) is 51.9 Å². The molecule has 8 heteroatoms. The van der Waals surface area contributed by atoms with Gasteiger partial charge in [0.2, 0.25) is 5.91 Å². The molecule has 2 heterocycles. The van der Waals surface area contributed by atoms with Gasteiger partial charge in [-0.05, 0) is 37.6 Å². The van der Waals surface area contributed by atoms with Crippen LogP contribution in [0.2, 0.25) is 0 Å². The maximum absolute atomic E-state index is 12.8. The number of anilines is 1. The van der Waals surface area contributed by atoms with Gasteiger partial charge >= 0.3 is 5.97 Å². The molecule has 0 aliphatic heterocycles. The number of fused-ring (bicyclic) bond motifs is 1. The normalized spacial score (nSPS) is 11.8. The number of ether oxygens (including phenoxy) is 1. The maximum Gasteiger partial charge on any atom is 0.337 e. The Labute approximate surface area is 194 Å². The van der Waals surface area contributed by atoms with Crippen molar-refractivity contribution in [3.63, 3.8) is 0 Å². The smallest absolute Gasteiger partial charge is 0.337 e. The summed E-state index contributed by atoms with van der Waals surface area (Å²) >= 11 is 2.95. The second kappa shape index (κ2) is 9.50. The van der Waals surface area contributed by atoms with Crippen LogP contribution in [0.5, 0.6) is 0 Å². The molecule has 1 atom stereocenters. The van der Waals surface area contributed by atoms with Crippen molar-refractivity contribution in [1.29, 1.82) is 0 Å². The van der Waals surface area contributed by atoms with E-state index in [1.807, 2.05) is 6.92 Å². The van der Waals surface area contributed by atoms with Gasteiger partial charge in [0.1, 0.15) is 16.2 Å². The highest BCUT2D eigenvalue weighted by Gasteiger charge is 2.20. The Hall–Kier alpha value is -3.23. The molecule has 2 aromatic carbocycles. The van der Waals surface area contributed by atoms with Crippen LogP contribution in [-0.4, -0.2) is 34.2 Å². The van der Waals surface area contributed by atoms with Crippen molar-refractivity contribution in [2.75, 3.05) is 12.4 Å². The first-order valence-corrected chi connectivity index (χ1v) is 11.7. The van der Waals surface area contributed by atoms with Crippen LogP contribution >= 0.6 is 23.1 Å². The highest BCUT2D eigenvalue weighted by Crippen LogP contribution is 2.39. The average Bonchev–Trinajstić information content (AvgIpc) is 3.24. The van der Waals surface area contributed by atoms with E-state index in [0.717, 1.165) is 26.4 Å². The van der Waals surface area contributed by atoms with Crippen molar-refractivity contribution < 1.29 is 14.3 Å². The number of hydrogen-bond donors (Lipinski definition) is 1. The van der Waals surface area contributed by atoms with Gasteiger partial charge < -0.3 is 10.1 Å². The summed E-state index contributed by atoms with van der Waals surface area (Å²) in [6.07, 6.45) is 1.53. The molecule has 0 saturated carbocycles. The molecule has 0 aliphatic carbocycles. The lowest BCUT2D eigenvalue weighted by Gasteiger charge is -2.13. The van der Waals surface area contributed by atoms with Gasteiger partial charge in [0.25, 0.3) is 0 Å². The largest absolute Gasteiger partial charge is 0.465 e. The fourth-order valence-corrected chi connectivity index (χ4v) is 5.10. The minimum absolute atomic E-state index is 0.184. The number of aromatic nitrogens is 2. The number of benzene rings is 2. The number of methoxy groups -OCH3 is 1. The third-order valence-electron chi connectivity index (χ3n) is 4.91. The fraction of sp³-hybridized carbons (Fsp3) is 0.167. The molecule has 32 heavy (non-hydrogen) atoms. The first kappa shape index (κ1) is 22.0. The zero-order valence-corrected chi connectivity index (χ0v) is 19.4. The third-order valence-corrected chi connectivity index (χ3v) is 6.89. The molecule has 0 saturated heterocycles. The predicted molar refractivity (Wildman–Crippen MR) is 129 cm³/mol. The molecule has 0 radical (unpaired) electrons. The Morgan fingerprint density at radius 1 is 1.12 bits per heavy atom. The monoisotopic (exact) mass is 463 g/mol. The lowest BCUT2D eigenvalue weighted by atomic mass is 10.1. The zero-order chi connectivity index (χ0) is 22.7. The van der Waals surface area contributed by atoms with Crippen LogP contribution in [-0.2, 0) is 9.53 Å². The third kappa shape index (κ3) is 4.66. The van der Waals surface area contributed by atoms with Gasteiger partial charge in [-0.15, -0.1) is 11.3 Å². The average molecular weight is 464 g/mol. The molecular weight excluding hydrogens is 442 g/mol. The predicted octanol–water partition coefficient (Wildman–Crippen LogP) is 5.57. The van der Waals surface area contributed by atoms with Crippen LogP contribution in [0.4, 0.5) is 5.69 Å². The highest BCUT2D eigenvalue weighted by atomic mass is 32.2. The second-order valence-corrected chi connectivity index (χ2v) is 9.38. The molecule has 0 aliphatic rings. The van der Waals surface area contributed by atoms with Crippen LogP contribution < -0.4 is 5.32 Å². The molecule has 162 valence electrons. The van der Waals surface area contributed by atoms with E-state index in [1.54, 1.807) is 35.6 Å². The molecule has 0 spiro atoms. The molecule has 1 N–H and O–H groups in total. The van der Waals surface area contributed by atoms with E-state index in [-0.39, 0.29) is 5.91 Å². The highest BCUT2D eigenvalue weighted by molar-refractivity contribution is 8.00. The summed E-state index contributed by atoms with van der Waals surface area (Å²) in [5.41, 5.74) is 4.26. The molecule has 6 nitrogen and oxygen atoms in total. The van der Waals surface area contributed by atoms with E-state index in [0.29, 0.717) is 11.3 Å². The van der Waals surface area contributed by atoms with Crippen molar-refractivity contribution in [2.45, 2.75) is 24.1 Å². The second-order valence-electron chi connectivity index (χ2n) is 7.20. The van der Waals surface area contributed by atoms with Gasteiger partial charge in [0, 0.05) is 16.6 Å². The Morgan fingerprint density at radius 2 is 1.91 bits per heavy atom. The SMILES string of the molecule is COC(=O)c1cccc(NC(=O)C(C)Sc2ncnc3scc(-c4ccc(C)cc4)c23)c1. The van der Waals surface area contributed by atoms with Crippen molar-refractivity contribution in [3.8, 4) is 11.1 Å². The number of nitrogens with zero attached hydrogens (tertiary/aromatic N) is 2. The van der Waals surface area contributed by atoms with Crippen LogP contribution in [0.25, 0.3) is 21.3 Å². The Kier molecular flexibility index (Phi) is 6.53. The Morgan fingerprint density at radius 3 is 2.66 bits per heavy atom. The summed E-state index contributed by atoms with van der Waals surface area (Å²) in [4.78, 5) is 34.4. The number of carbonyl (C=O) groups excluding carboxylic acids is 2. The lowest BCUT2D eigenvalue weighted by Crippen LogP contribution is -2.22. The van der Waals surface area contributed by atoms with Gasteiger partial charge in [-0.2, -0.15) is 0 Å². The topological polar surface area (TPSA) is 81.2 Å². The van der Waals surface area contributed by atoms with Crippen molar-refractivity contribution in [1.82, 2.24) is 9.97 Å². The number of thiophene rings is 1. The Balaban J connectivity index is 1.57. The van der Waals surface area contributed by atoms with E-state index >= 15 is 0 Å². The van der Waals surface area contributed by atoms with Crippen molar-refractivity contribution >= 4 is 50.9 Å². The number of amides is 1. The summed E-state index contributed by atoms with van der Waals surface area (Å²) in [6, 6.07) is 15.0. The number of carbonyl (C=O) groups is 2. The Bertz CT molecular complexity index is 1290. The summed E-state index contributed by atoms with van der Waals surface area (Å²) in [6.45, 7) is 3.89. The lowest BCUT2D eigenvalue weighted by molar-refractivity contribution is -0.115. The standard InChI is InChI=1S/C24H21N3O3S2/c1-14-7-9-16(10-8-14)19-12-31-22-20(19)23(26-13-25-22)32-15(2)21(28)27-18-6-4-5-17(11-18)24(29)30-3/h4-13,15H,1-3H3,(H,27,28). The summed E-state index contributed by atoms with van der Waals surface area (Å²) < 4.78 is 4.74. The van der Waals surface area contributed by atoms with E-state index in [4.69, 9.17) is 4.74 Å². The van der Waals surface area contributed by atoms with E-state index in [9.17, 15) is 9.59 Å². The fourth-order valence-electron chi connectivity index (χ4n) is 3.19. The van der Waals surface area contributed by atoms with Crippen molar-refractivity contribution in [2.24, 2.45) is 0 Å². The summed E-state index contributed by atoms with van der Waals surface area (Å²) in [5.74, 6) is -0.635. The van der Waals surface area contributed by atoms with Crippen LogP contribution in [0.3, 0.4) is 0 Å². The van der Waals surface area contributed by atoms with Gasteiger partial charge in [0.15, 0.2) is 0 Å². The zero-order valence-electron chi connectivity index (χ0n) is 17.8. The number of nitrogens with one attached hydrogen (secondary N) is 1. The molecule has 1 amide bonds. The van der Waals surface area contributed by atoms with Gasteiger partial charge in [0.05, 0.1) is 23.3 Å². The van der Waals surface area contributed by atoms with Gasteiger partial charge in [-0.25, -0.2) is 14.8 Å². The van der Waals surface area contributed by atoms with E-state index < -0.39 is 11.2 Å². The molecule has 0 bridgehead atoms. The summed E-state index contributed by atoms with van der Waals surface area (Å²) in [5, 5.41) is 6.25. The molecule has 2 aromatic heterocycles. The van der Waals surface area contributed by atoms with Crippen LogP contribution in [0.1, 0.15) is 22.8 Å². The maximum atomic E-state index is 12.8. The quantitative estimate of drug-likeness (QED) is 0.229. The van der Waals surface area contributed by atoms with E-state index in [1.165, 1.54) is 30.8 Å². The molecular formula is C24H21N3O3S2. The number of aryl methyl sites for hydroxylation is 1. The van der Waals surface area contributed by atoms with Crippen molar-refractivity contribution in [3.05, 3.63) is 71.4 Å². The van der Waals surface area contributed by atoms with Gasteiger partial charge in [-0.3, -0.25) is 4.79 Å². The first-order chi connectivity index (χ1) is 15.5. The number of rotatable bonds is 6. The summed E-state index contributed by atoms with van der Waals surface area (Å²) in [7, 11) is 1.32. The van der Waals surface area contributed by atoms with Crippen LogP contribution in [0.15, 0.2) is 65.3 Å². The van der Waals surface area contributed by atoms with Crippen LogP contribution in [0, 0.1) is 6.92 Å².